The molecule has 194 valence electrons. The molecule has 36 heavy (non-hydrogen) atoms. The van der Waals surface area contributed by atoms with E-state index in [4.69, 9.17) is 9.47 Å². The van der Waals surface area contributed by atoms with Gasteiger partial charge in [-0.2, -0.15) is 0 Å². The second kappa shape index (κ2) is 10.5. The van der Waals surface area contributed by atoms with Gasteiger partial charge in [-0.25, -0.2) is 4.79 Å². The number of anilines is 1. The normalized spacial score (nSPS) is 23.6. The molecule has 1 atom stereocenters. The van der Waals surface area contributed by atoms with E-state index < -0.39 is 6.04 Å². The summed E-state index contributed by atoms with van der Waals surface area (Å²) in [6.07, 6.45) is 4.34. The van der Waals surface area contributed by atoms with E-state index in [-0.39, 0.29) is 36.3 Å². The van der Waals surface area contributed by atoms with E-state index in [1.54, 1.807) is 9.80 Å². The third-order valence-corrected chi connectivity index (χ3v) is 7.93. The van der Waals surface area contributed by atoms with Crippen molar-refractivity contribution in [1.29, 1.82) is 0 Å². The molecule has 10 nitrogen and oxygen atoms in total. The molecule has 4 amide bonds. The zero-order chi connectivity index (χ0) is 25.2. The second-order valence-electron chi connectivity index (χ2n) is 10.2. The van der Waals surface area contributed by atoms with E-state index in [0.717, 1.165) is 56.6 Å². The molecule has 0 saturated carbocycles. The van der Waals surface area contributed by atoms with E-state index in [1.165, 1.54) is 7.11 Å². The summed E-state index contributed by atoms with van der Waals surface area (Å²) in [5.74, 6) is -0.287. The fraction of sp³-hybridized carbons (Fsp3) is 0.615. The summed E-state index contributed by atoms with van der Waals surface area (Å²) in [7, 11) is 1.41. The molecule has 0 aliphatic carbocycles. The van der Waals surface area contributed by atoms with Gasteiger partial charge in [0.2, 0.25) is 11.8 Å². The van der Waals surface area contributed by atoms with Crippen LogP contribution in [0.3, 0.4) is 0 Å². The van der Waals surface area contributed by atoms with Gasteiger partial charge in [0.15, 0.2) is 0 Å². The van der Waals surface area contributed by atoms with Crippen molar-refractivity contribution in [3.63, 3.8) is 0 Å². The number of hydrogen-bond acceptors (Lipinski definition) is 7. The Balaban J connectivity index is 1.10. The summed E-state index contributed by atoms with van der Waals surface area (Å²) < 4.78 is 11.0. The highest BCUT2D eigenvalue weighted by atomic mass is 16.5. The first kappa shape index (κ1) is 24.5. The van der Waals surface area contributed by atoms with Crippen molar-refractivity contribution in [2.24, 2.45) is 5.92 Å². The van der Waals surface area contributed by atoms with Gasteiger partial charge in [0, 0.05) is 57.0 Å². The second-order valence-corrected chi connectivity index (χ2v) is 10.2. The number of benzene rings is 1. The van der Waals surface area contributed by atoms with Gasteiger partial charge >= 0.3 is 6.09 Å². The van der Waals surface area contributed by atoms with Crippen molar-refractivity contribution in [1.82, 2.24) is 15.1 Å². The standard InChI is InChI=1S/C26H34N4O6/c1-35-26(34)29-12-8-20(9-13-29)36-16-17-6-10-28(11-7-17)19-2-3-21-18(14-19)15-30(25(21)33)22-4-5-23(31)27-24(22)32/h2-3,14,17,20,22H,4-13,15-16H2,1H3,(H,27,31,32). The molecule has 10 heteroatoms. The summed E-state index contributed by atoms with van der Waals surface area (Å²) >= 11 is 0. The molecule has 3 saturated heterocycles. The predicted molar refractivity (Wildman–Crippen MR) is 130 cm³/mol. The van der Waals surface area contributed by atoms with Gasteiger partial charge in [0.05, 0.1) is 13.2 Å². The third-order valence-electron chi connectivity index (χ3n) is 7.93. The molecule has 0 spiro atoms. The minimum absolute atomic E-state index is 0.140. The van der Waals surface area contributed by atoms with Crippen LogP contribution in [0.2, 0.25) is 0 Å². The SMILES string of the molecule is COC(=O)N1CCC(OCC2CCN(c3ccc4c(c3)CN(C3CCC(=O)NC3=O)C4=O)CC2)CC1. The number of imide groups is 1. The van der Waals surface area contributed by atoms with Gasteiger partial charge in [-0.05, 0) is 61.8 Å². The van der Waals surface area contributed by atoms with Crippen LogP contribution in [-0.4, -0.2) is 85.7 Å². The van der Waals surface area contributed by atoms with Gasteiger partial charge in [-0.1, -0.05) is 0 Å². The first-order valence-electron chi connectivity index (χ1n) is 12.9. The Kier molecular flexibility index (Phi) is 7.13. The Morgan fingerprint density at radius 1 is 1.03 bits per heavy atom. The lowest BCUT2D eigenvalue weighted by Gasteiger charge is -2.35. The topological polar surface area (TPSA) is 108 Å². The Morgan fingerprint density at radius 3 is 2.47 bits per heavy atom. The number of nitrogens with one attached hydrogen (secondary N) is 1. The van der Waals surface area contributed by atoms with Crippen LogP contribution in [0.25, 0.3) is 0 Å². The van der Waals surface area contributed by atoms with Crippen molar-refractivity contribution in [2.75, 3.05) is 44.8 Å². The number of fused-ring (bicyclic) bond motifs is 1. The Bertz CT molecular complexity index is 1030. The summed E-state index contributed by atoms with van der Waals surface area (Å²) in [6.45, 7) is 4.36. The molecule has 3 fully saturated rings. The Labute approximate surface area is 210 Å². The molecule has 4 aliphatic rings. The van der Waals surface area contributed by atoms with Gasteiger partial charge in [-0.15, -0.1) is 0 Å². The average Bonchev–Trinajstić information content (AvgIpc) is 3.23. The maximum absolute atomic E-state index is 12.9. The molecule has 4 aliphatic heterocycles. The number of ether oxygens (including phenoxy) is 2. The van der Waals surface area contributed by atoms with Crippen molar-refractivity contribution in [3.8, 4) is 0 Å². The van der Waals surface area contributed by atoms with Gasteiger partial charge < -0.3 is 24.2 Å². The van der Waals surface area contributed by atoms with E-state index in [2.05, 4.69) is 16.3 Å². The lowest BCUT2D eigenvalue weighted by atomic mass is 9.96. The number of carbonyl (C=O) groups excluding carboxylic acids is 4. The highest BCUT2D eigenvalue weighted by Crippen LogP contribution is 2.32. The van der Waals surface area contributed by atoms with Crippen LogP contribution in [0.1, 0.15) is 54.4 Å². The van der Waals surface area contributed by atoms with Crippen LogP contribution >= 0.6 is 0 Å². The van der Waals surface area contributed by atoms with E-state index in [9.17, 15) is 19.2 Å². The summed E-state index contributed by atoms with van der Waals surface area (Å²) in [5.41, 5.74) is 2.68. The summed E-state index contributed by atoms with van der Waals surface area (Å²) in [4.78, 5) is 54.0. The lowest BCUT2D eigenvalue weighted by molar-refractivity contribution is -0.136. The number of nitrogens with zero attached hydrogens (tertiary/aromatic N) is 3. The molecule has 1 unspecified atom stereocenters. The highest BCUT2D eigenvalue weighted by molar-refractivity contribution is 6.05. The summed E-state index contributed by atoms with van der Waals surface area (Å²) in [5, 5.41) is 2.35. The molecule has 1 aromatic carbocycles. The monoisotopic (exact) mass is 498 g/mol. The molecule has 1 aromatic rings. The van der Waals surface area contributed by atoms with Crippen LogP contribution in [0.5, 0.6) is 0 Å². The van der Waals surface area contributed by atoms with Crippen LogP contribution in [0.4, 0.5) is 10.5 Å². The molecular formula is C26H34N4O6. The molecule has 5 rings (SSSR count). The molecule has 0 bridgehead atoms. The van der Waals surface area contributed by atoms with Crippen molar-refractivity contribution in [2.45, 2.75) is 57.2 Å². The lowest BCUT2D eigenvalue weighted by Crippen LogP contribution is -2.52. The first-order valence-corrected chi connectivity index (χ1v) is 12.9. The predicted octanol–water partition coefficient (Wildman–Crippen LogP) is 1.91. The smallest absolute Gasteiger partial charge is 0.409 e. The molecule has 1 N–H and O–H groups in total. The fourth-order valence-corrected chi connectivity index (χ4v) is 5.72. The largest absolute Gasteiger partial charge is 0.453 e. The van der Waals surface area contributed by atoms with Crippen LogP contribution in [0, 0.1) is 5.92 Å². The zero-order valence-corrected chi connectivity index (χ0v) is 20.7. The Morgan fingerprint density at radius 2 is 1.78 bits per heavy atom. The molecule has 0 aromatic heterocycles. The fourth-order valence-electron chi connectivity index (χ4n) is 5.72. The van der Waals surface area contributed by atoms with Crippen LogP contribution in [0.15, 0.2) is 18.2 Å². The summed E-state index contributed by atoms with van der Waals surface area (Å²) in [6, 6.07) is 5.35. The maximum Gasteiger partial charge on any atom is 0.409 e. The minimum atomic E-state index is -0.588. The molecule has 0 radical (unpaired) electrons. The number of rotatable bonds is 5. The number of piperidine rings is 3. The average molecular weight is 499 g/mol. The van der Waals surface area contributed by atoms with E-state index >= 15 is 0 Å². The number of carbonyl (C=O) groups is 4. The van der Waals surface area contributed by atoms with Crippen LogP contribution < -0.4 is 10.2 Å². The van der Waals surface area contributed by atoms with E-state index in [1.807, 2.05) is 12.1 Å². The quantitative estimate of drug-likeness (QED) is 0.618. The number of methoxy groups -OCH3 is 1. The van der Waals surface area contributed by atoms with Crippen LogP contribution in [-0.2, 0) is 25.6 Å². The zero-order valence-electron chi connectivity index (χ0n) is 20.7. The number of likely N-dealkylation sites (tertiary alicyclic amines) is 1. The Hall–Kier alpha value is -3.14. The molecular weight excluding hydrogens is 464 g/mol. The minimum Gasteiger partial charge on any atom is -0.453 e. The van der Waals surface area contributed by atoms with Crippen molar-refractivity contribution >= 4 is 29.5 Å². The van der Waals surface area contributed by atoms with E-state index in [0.29, 0.717) is 37.5 Å². The van der Waals surface area contributed by atoms with Gasteiger partial charge in [-0.3, -0.25) is 19.7 Å². The van der Waals surface area contributed by atoms with Crippen molar-refractivity contribution in [3.05, 3.63) is 29.3 Å². The van der Waals surface area contributed by atoms with Gasteiger partial charge in [0.25, 0.3) is 5.91 Å². The first-order chi connectivity index (χ1) is 17.4. The molecule has 4 heterocycles. The van der Waals surface area contributed by atoms with Crippen molar-refractivity contribution < 1.29 is 28.7 Å². The number of hydrogen-bond donors (Lipinski definition) is 1. The third kappa shape index (κ3) is 5.04. The number of amides is 4. The highest BCUT2D eigenvalue weighted by Gasteiger charge is 2.39. The van der Waals surface area contributed by atoms with Gasteiger partial charge in [0.1, 0.15) is 6.04 Å². The maximum atomic E-state index is 12.9.